The zero-order valence-electron chi connectivity index (χ0n) is 15.4. The molecule has 0 unspecified atom stereocenters. The number of carbonyl (C=O) groups excluding carboxylic acids is 2. The number of hydrogen-bond donors (Lipinski definition) is 1. The standard InChI is InChI=1S/C21H17N3O4S/c25-19(24-8-7-13-3-1-2-4-16(13)24)10-15-11-29-21(22-15)23-20(26)14-5-6-17-18(9-14)28-12-27-17/h1-6,9,11H,7-8,10,12H2,(H,22,23,26). The van der Waals surface area contributed by atoms with Crippen molar-refractivity contribution in [2.45, 2.75) is 12.8 Å². The first-order valence-electron chi connectivity index (χ1n) is 9.21. The fraction of sp³-hybridized carbons (Fsp3) is 0.190. The van der Waals surface area contributed by atoms with Gasteiger partial charge in [0.05, 0.1) is 12.1 Å². The zero-order valence-corrected chi connectivity index (χ0v) is 16.2. The number of anilines is 2. The van der Waals surface area contributed by atoms with Crippen molar-refractivity contribution in [3.63, 3.8) is 0 Å². The molecule has 8 heteroatoms. The fourth-order valence-electron chi connectivity index (χ4n) is 3.50. The van der Waals surface area contributed by atoms with E-state index in [4.69, 9.17) is 9.47 Å². The quantitative estimate of drug-likeness (QED) is 0.718. The van der Waals surface area contributed by atoms with Gasteiger partial charge < -0.3 is 14.4 Å². The number of nitrogens with one attached hydrogen (secondary N) is 1. The molecule has 0 saturated carbocycles. The van der Waals surface area contributed by atoms with E-state index >= 15 is 0 Å². The minimum Gasteiger partial charge on any atom is -0.454 e. The first-order valence-corrected chi connectivity index (χ1v) is 10.1. The highest BCUT2D eigenvalue weighted by Crippen LogP contribution is 2.33. The Kier molecular flexibility index (Phi) is 4.40. The van der Waals surface area contributed by atoms with Gasteiger partial charge in [-0.15, -0.1) is 11.3 Å². The SMILES string of the molecule is O=C(Nc1nc(CC(=O)N2CCc3ccccc32)cs1)c1ccc2c(c1)OCO2. The van der Waals surface area contributed by atoms with Crippen LogP contribution in [0.1, 0.15) is 21.6 Å². The molecular weight excluding hydrogens is 390 g/mol. The average molecular weight is 407 g/mol. The van der Waals surface area contributed by atoms with E-state index in [0.29, 0.717) is 34.4 Å². The molecule has 0 radical (unpaired) electrons. The molecule has 5 rings (SSSR count). The van der Waals surface area contributed by atoms with Gasteiger partial charge in [-0.3, -0.25) is 14.9 Å². The average Bonchev–Trinajstić information content (AvgIpc) is 3.46. The lowest BCUT2D eigenvalue weighted by Crippen LogP contribution is -2.30. The van der Waals surface area contributed by atoms with Gasteiger partial charge in [-0.25, -0.2) is 4.98 Å². The molecule has 146 valence electrons. The predicted molar refractivity (Wildman–Crippen MR) is 109 cm³/mol. The fourth-order valence-corrected chi connectivity index (χ4v) is 4.21. The van der Waals surface area contributed by atoms with Crippen molar-refractivity contribution in [1.82, 2.24) is 4.98 Å². The third-order valence-electron chi connectivity index (χ3n) is 4.93. The van der Waals surface area contributed by atoms with E-state index in [1.165, 1.54) is 16.9 Å². The Bertz CT molecular complexity index is 1110. The number of benzene rings is 2. The number of para-hydroxylation sites is 1. The smallest absolute Gasteiger partial charge is 0.257 e. The first-order chi connectivity index (χ1) is 14.2. The number of ether oxygens (including phenoxy) is 2. The molecule has 3 aromatic rings. The molecule has 2 aromatic carbocycles. The second-order valence-corrected chi connectivity index (χ2v) is 7.63. The van der Waals surface area contributed by atoms with Crippen molar-refractivity contribution < 1.29 is 19.1 Å². The Balaban J connectivity index is 1.24. The molecule has 1 N–H and O–H groups in total. The van der Waals surface area contributed by atoms with Gasteiger partial charge in [-0.05, 0) is 36.2 Å². The molecule has 0 saturated heterocycles. The second-order valence-electron chi connectivity index (χ2n) is 6.77. The normalized spacial score (nSPS) is 14.0. The van der Waals surface area contributed by atoms with Crippen molar-refractivity contribution in [2.75, 3.05) is 23.6 Å². The lowest BCUT2D eigenvalue weighted by molar-refractivity contribution is -0.117. The molecule has 0 aliphatic carbocycles. The Morgan fingerprint density at radius 1 is 1.14 bits per heavy atom. The van der Waals surface area contributed by atoms with Crippen LogP contribution in [0.25, 0.3) is 0 Å². The van der Waals surface area contributed by atoms with Gasteiger partial charge in [-0.2, -0.15) is 0 Å². The molecule has 1 aromatic heterocycles. The van der Waals surface area contributed by atoms with E-state index in [2.05, 4.69) is 16.4 Å². The summed E-state index contributed by atoms with van der Waals surface area (Å²) in [5.41, 5.74) is 3.26. The van der Waals surface area contributed by atoms with Gasteiger partial charge in [0.1, 0.15) is 0 Å². The Labute approximate surface area is 170 Å². The number of rotatable bonds is 4. The largest absolute Gasteiger partial charge is 0.454 e. The Morgan fingerprint density at radius 2 is 2.00 bits per heavy atom. The van der Waals surface area contributed by atoms with Crippen LogP contribution in [-0.2, 0) is 17.6 Å². The minimum absolute atomic E-state index is 0.00824. The zero-order chi connectivity index (χ0) is 19.8. The maximum Gasteiger partial charge on any atom is 0.257 e. The summed E-state index contributed by atoms with van der Waals surface area (Å²) in [6, 6.07) is 13.0. The molecule has 0 spiro atoms. The molecule has 0 bridgehead atoms. The van der Waals surface area contributed by atoms with Crippen LogP contribution in [-0.4, -0.2) is 30.1 Å². The van der Waals surface area contributed by atoms with Crippen molar-refractivity contribution >= 4 is 34.0 Å². The number of aromatic nitrogens is 1. The van der Waals surface area contributed by atoms with E-state index in [1.807, 2.05) is 18.2 Å². The van der Waals surface area contributed by atoms with Crippen LogP contribution in [0.2, 0.25) is 0 Å². The Morgan fingerprint density at radius 3 is 2.93 bits per heavy atom. The summed E-state index contributed by atoms with van der Waals surface area (Å²) in [6.07, 6.45) is 1.07. The highest BCUT2D eigenvalue weighted by Gasteiger charge is 2.25. The number of thiazole rings is 1. The van der Waals surface area contributed by atoms with Crippen LogP contribution >= 0.6 is 11.3 Å². The number of nitrogens with zero attached hydrogens (tertiary/aromatic N) is 2. The molecule has 2 aliphatic heterocycles. The van der Waals surface area contributed by atoms with E-state index in [-0.39, 0.29) is 25.0 Å². The van der Waals surface area contributed by atoms with Gasteiger partial charge in [-0.1, -0.05) is 18.2 Å². The Hall–Kier alpha value is -3.39. The van der Waals surface area contributed by atoms with Crippen LogP contribution in [0.4, 0.5) is 10.8 Å². The van der Waals surface area contributed by atoms with Gasteiger partial charge in [0, 0.05) is 23.2 Å². The number of amides is 2. The van der Waals surface area contributed by atoms with Gasteiger partial charge >= 0.3 is 0 Å². The summed E-state index contributed by atoms with van der Waals surface area (Å²) >= 11 is 1.30. The summed E-state index contributed by atoms with van der Waals surface area (Å²) in [7, 11) is 0. The van der Waals surface area contributed by atoms with Crippen molar-refractivity contribution in [3.8, 4) is 11.5 Å². The molecule has 29 heavy (non-hydrogen) atoms. The minimum atomic E-state index is -0.288. The number of carbonyl (C=O) groups is 2. The third-order valence-corrected chi connectivity index (χ3v) is 5.73. The van der Waals surface area contributed by atoms with Gasteiger partial charge in [0.2, 0.25) is 12.7 Å². The maximum absolute atomic E-state index is 12.7. The van der Waals surface area contributed by atoms with Crippen molar-refractivity contribution in [3.05, 3.63) is 64.7 Å². The van der Waals surface area contributed by atoms with Crippen LogP contribution < -0.4 is 19.7 Å². The number of hydrogen-bond acceptors (Lipinski definition) is 6. The topological polar surface area (TPSA) is 80.8 Å². The highest BCUT2D eigenvalue weighted by atomic mass is 32.1. The second kappa shape index (κ2) is 7.21. The number of fused-ring (bicyclic) bond motifs is 2. The van der Waals surface area contributed by atoms with Crippen LogP contribution in [0.5, 0.6) is 11.5 Å². The molecular formula is C21H17N3O4S. The van der Waals surface area contributed by atoms with Crippen LogP contribution in [0, 0.1) is 0 Å². The molecule has 0 atom stereocenters. The van der Waals surface area contributed by atoms with Gasteiger partial charge in [0.15, 0.2) is 16.6 Å². The molecule has 7 nitrogen and oxygen atoms in total. The van der Waals surface area contributed by atoms with Crippen LogP contribution in [0.15, 0.2) is 47.8 Å². The first kappa shape index (κ1) is 17.7. The molecule has 3 heterocycles. The lowest BCUT2D eigenvalue weighted by atomic mass is 10.2. The highest BCUT2D eigenvalue weighted by molar-refractivity contribution is 7.14. The van der Waals surface area contributed by atoms with E-state index in [0.717, 1.165) is 12.1 Å². The monoisotopic (exact) mass is 407 g/mol. The molecule has 2 amide bonds. The predicted octanol–water partition coefficient (Wildman–Crippen LogP) is 3.26. The van der Waals surface area contributed by atoms with Crippen molar-refractivity contribution in [2.24, 2.45) is 0 Å². The maximum atomic E-state index is 12.7. The summed E-state index contributed by atoms with van der Waals surface area (Å²) in [6.45, 7) is 0.849. The van der Waals surface area contributed by atoms with E-state index in [9.17, 15) is 9.59 Å². The third kappa shape index (κ3) is 3.42. The van der Waals surface area contributed by atoms with Crippen molar-refractivity contribution in [1.29, 1.82) is 0 Å². The van der Waals surface area contributed by atoms with E-state index in [1.54, 1.807) is 28.5 Å². The molecule has 0 fully saturated rings. The summed E-state index contributed by atoms with van der Waals surface area (Å²) in [5, 5.41) is 5.03. The van der Waals surface area contributed by atoms with Gasteiger partial charge in [0.25, 0.3) is 5.91 Å². The summed E-state index contributed by atoms with van der Waals surface area (Å²) < 4.78 is 10.6. The van der Waals surface area contributed by atoms with Crippen LogP contribution in [0.3, 0.4) is 0 Å². The van der Waals surface area contributed by atoms with E-state index < -0.39 is 0 Å². The molecule has 2 aliphatic rings. The summed E-state index contributed by atoms with van der Waals surface area (Å²) in [5.74, 6) is 0.895. The summed E-state index contributed by atoms with van der Waals surface area (Å²) in [4.78, 5) is 31.4. The lowest BCUT2D eigenvalue weighted by Gasteiger charge is -2.16.